The van der Waals surface area contributed by atoms with Crippen molar-refractivity contribution in [3.8, 4) is 5.75 Å². The van der Waals surface area contributed by atoms with Crippen LogP contribution in [-0.2, 0) is 19.1 Å². The van der Waals surface area contributed by atoms with E-state index >= 15 is 0 Å². The monoisotopic (exact) mass is 432 g/mol. The third-order valence-electron chi connectivity index (χ3n) is 6.72. The van der Waals surface area contributed by atoms with Gasteiger partial charge in [0.25, 0.3) is 0 Å². The van der Waals surface area contributed by atoms with Crippen molar-refractivity contribution in [2.45, 2.75) is 62.1 Å². The molecule has 31 heavy (non-hydrogen) atoms. The van der Waals surface area contributed by atoms with Crippen LogP contribution in [-0.4, -0.2) is 67.6 Å². The first-order valence-corrected chi connectivity index (χ1v) is 11.2. The summed E-state index contributed by atoms with van der Waals surface area (Å²) in [6, 6.07) is 8.00. The second-order valence-electron chi connectivity index (χ2n) is 8.79. The number of carboxylic acids is 1. The first-order valence-electron chi connectivity index (χ1n) is 11.2. The summed E-state index contributed by atoms with van der Waals surface area (Å²) in [5.74, 6) is 0.277. The molecule has 170 valence electrons. The molecule has 0 aromatic heterocycles. The van der Waals surface area contributed by atoms with Crippen LogP contribution in [0.15, 0.2) is 24.3 Å². The predicted octanol–water partition coefficient (Wildman–Crippen LogP) is 1.83. The molecule has 4 rings (SSSR count). The van der Waals surface area contributed by atoms with Crippen molar-refractivity contribution >= 4 is 11.9 Å². The SMILES string of the molecule is O=C(O)CCOc1ccccc1C1CCC(OCC2NCCC23COCC(=O)N3)CC1. The van der Waals surface area contributed by atoms with E-state index in [0.29, 0.717) is 19.1 Å². The largest absolute Gasteiger partial charge is 0.493 e. The van der Waals surface area contributed by atoms with Gasteiger partial charge in [-0.1, -0.05) is 18.2 Å². The summed E-state index contributed by atoms with van der Waals surface area (Å²) in [6.07, 6.45) is 5.01. The molecule has 1 saturated carbocycles. The number of benzene rings is 1. The van der Waals surface area contributed by atoms with Gasteiger partial charge >= 0.3 is 5.97 Å². The van der Waals surface area contributed by atoms with Crippen molar-refractivity contribution in [2.75, 3.05) is 33.0 Å². The van der Waals surface area contributed by atoms with Gasteiger partial charge in [0.05, 0.1) is 43.9 Å². The average molecular weight is 433 g/mol. The number of carboxylic acid groups (broad SMARTS) is 1. The molecule has 0 radical (unpaired) electrons. The van der Waals surface area contributed by atoms with Gasteiger partial charge in [0, 0.05) is 0 Å². The number of nitrogens with one attached hydrogen (secondary N) is 2. The number of amides is 1. The Kier molecular flexibility index (Phi) is 7.09. The molecule has 1 spiro atoms. The van der Waals surface area contributed by atoms with Crippen LogP contribution in [0.1, 0.15) is 50.0 Å². The fourth-order valence-electron chi connectivity index (χ4n) is 5.03. The van der Waals surface area contributed by atoms with Crippen LogP contribution in [0.2, 0.25) is 0 Å². The summed E-state index contributed by atoms with van der Waals surface area (Å²) in [6.45, 7) is 2.27. The number of carbonyl (C=O) groups is 2. The van der Waals surface area contributed by atoms with Gasteiger partial charge in [-0.2, -0.15) is 0 Å². The van der Waals surface area contributed by atoms with E-state index in [4.69, 9.17) is 19.3 Å². The van der Waals surface area contributed by atoms with Crippen molar-refractivity contribution in [3.05, 3.63) is 29.8 Å². The lowest BCUT2D eigenvalue weighted by molar-refractivity contribution is -0.138. The lowest BCUT2D eigenvalue weighted by Gasteiger charge is -2.39. The molecule has 2 unspecified atom stereocenters. The summed E-state index contributed by atoms with van der Waals surface area (Å²) in [4.78, 5) is 22.6. The van der Waals surface area contributed by atoms with E-state index in [2.05, 4.69) is 16.7 Å². The molecule has 2 aliphatic heterocycles. The Hall–Kier alpha value is -2.16. The lowest BCUT2D eigenvalue weighted by Crippen LogP contribution is -2.64. The molecule has 3 N–H and O–H groups in total. The minimum atomic E-state index is -0.854. The summed E-state index contributed by atoms with van der Waals surface area (Å²) in [5.41, 5.74) is 0.809. The van der Waals surface area contributed by atoms with Gasteiger partial charge in [-0.05, 0) is 56.2 Å². The van der Waals surface area contributed by atoms with Crippen LogP contribution in [0.5, 0.6) is 5.75 Å². The molecule has 0 bridgehead atoms. The Morgan fingerprint density at radius 2 is 2.03 bits per heavy atom. The first-order chi connectivity index (χ1) is 15.1. The van der Waals surface area contributed by atoms with Gasteiger partial charge in [0.1, 0.15) is 12.4 Å². The summed E-state index contributed by atoms with van der Waals surface area (Å²) in [7, 11) is 0. The maximum atomic E-state index is 11.8. The van der Waals surface area contributed by atoms with Gasteiger partial charge in [0.2, 0.25) is 5.91 Å². The summed E-state index contributed by atoms with van der Waals surface area (Å²) < 4.78 is 17.5. The molecular formula is C23H32N2O6. The van der Waals surface area contributed by atoms with Crippen LogP contribution < -0.4 is 15.4 Å². The van der Waals surface area contributed by atoms with Gasteiger partial charge in [-0.3, -0.25) is 9.59 Å². The zero-order chi connectivity index (χ0) is 21.7. The topological polar surface area (TPSA) is 106 Å². The van der Waals surface area contributed by atoms with Crippen molar-refractivity contribution in [2.24, 2.45) is 0 Å². The van der Waals surface area contributed by atoms with Crippen molar-refractivity contribution < 1.29 is 28.9 Å². The van der Waals surface area contributed by atoms with Gasteiger partial charge < -0.3 is 30.0 Å². The average Bonchev–Trinajstić information content (AvgIpc) is 3.14. The Labute approximate surface area is 182 Å². The number of morpholine rings is 1. The van der Waals surface area contributed by atoms with Crippen LogP contribution in [0.4, 0.5) is 0 Å². The Morgan fingerprint density at radius 3 is 2.81 bits per heavy atom. The third kappa shape index (κ3) is 5.37. The minimum absolute atomic E-state index is 0.00287. The highest BCUT2D eigenvalue weighted by Crippen LogP contribution is 2.38. The van der Waals surface area contributed by atoms with Crippen LogP contribution in [0, 0.1) is 0 Å². The van der Waals surface area contributed by atoms with Crippen LogP contribution in [0.25, 0.3) is 0 Å². The molecule has 1 aromatic rings. The highest BCUT2D eigenvalue weighted by atomic mass is 16.5. The number of rotatable bonds is 8. The van der Waals surface area contributed by atoms with Gasteiger partial charge in [0.15, 0.2) is 0 Å². The van der Waals surface area contributed by atoms with E-state index < -0.39 is 5.97 Å². The third-order valence-corrected chi connectivity index (χ3v) is 6.72. The number of aliphatic carboxylic acids is 1. The fraction of sp³-hybridized carbons (Fsp3) is 0.652. The molecule has 8 nitrogen and oxygen atoms in total. The Bertz CT molecular complexity index is 779. The summed E-state index contributed by atoms with van der Waals surface area (Å²) in [5, 5.41) is 15.4. The Morgan fingerprint density at radius 1 is 1.23 bits per heavy atom. The smallest absolute Gasteiger partial charge is 0.306 e. The number of para-hydroxylation sites is 1. The van der Waals surface area contributed by atoms with Gasteiger partial charge in [-0.25, -0.2) is 0 Å². The fourth-order valence-corrected chi connectivity index (χ4v) is 5.03. The number of hydrogen-bond acceptors (Lipinski definition) is 6. The molecule has 2 heterocycles. The number of carbonyl (C=O) groups excluding carboxylic acids is 1. The molecule has 1 aromatic carbocycles. The maximum absolute atomic E-state index is 11.8. The van der Waals surface area contributed by atoms with Crippen LogP contribution >= 0.6 is 0 Å². The second-order valence-corrected chi connectivity index (χ2v) is 8.79. The zero-order valence-electron chi connectivity index (χ0n) is 17.8. The quantitative estimate of drug-likeness (QED) is 0.575. The summed E-state index contributed by atoms with van der Waals surface area (Å²) >= 11 is 0. The zero-order valence-corrected chi connectivity index (χ0v) is 17.8. The van der Waals surface area contributed by atoms with Crippen molar-refractivity contribution in [1.82, 2.24) is 10.6 Å². The van der Waals surface area contributed by atoms with E-state index in [1.54, 1.807) is 0 Å². The van der Waals surface area contributed by atoms with Crippen molar-refractivity contribution in [1.29, 1.82) is 0 Å². The van der Waals surface area contributed by atoms with Crippen LogP contribution in [0.3, 0.4) is 0 Å². The standard InChI is InChI=1S/C23H32N2O6/c26-21-14-29-15-23(25-21)10-11-24-20(23)13-31-17-7-5-16(6-8-17)18-3-1-2-4-19(18)30-12-9-22(27)28/h1-4,16-17,20,24H,5-15H2,(H,25,26)(H,27,28). The molecule has 3 fully saturated rings. The van der Waals surface area contributed by atoms with E-state index in [1.165, 1.54) is 0 Å². The second kappa shape index (κ2) is 9.97. The van der Waals surface area contributed by atoms with Crippen molar-refractivity contribution in [3.63, 3.8) is 0 Å². The molecule has 8 heteroatoms. The number of hydrogen-bond donors (Lipinski definition) is 3. The van der Waals surface area contributed by atoms with Gasteiger partial charge in [-0.15, -0.1) is 0 Å². The normalized spacial score (nSPS) is 30.8. The van der Waals surface area contributed by atoms with E-state index in [1.807, 2.05) is 18.2 Å². The highest BCUT2D eigenvalue weighted by Gasteiger charge is 2.46. The minimum Gasteiger partial charge on any atom is -0.493 e. The maximum Gasteiger partial charge on any atom is 0.306 e. The first kappa shape index (κ1) is 22.0. The van der Waals surface area contributed by atoms with E-state index in [0.717, 1.165) is 50.0 Å². The van der Waals surface area contributed by atoms with E-state index in [9.17, 15) is 9.59 Å². The molecular weight excluding hydrogens is 400 g/mol. The molecule has 2 saturated heterocycles. The predicted molar refractivity (Wildman–Crippen MR) is 113 cm³/mol. The lowest BCUT2D eigenvalue weighted by atomic mass is 9.82. The molecule has 3 aliphatic rings. The molecule has 1 amide bonds. The Balaban J connectivity index is 1.27. The highest BCUT2D eigenvalue weighted by molar-refractivity contribution is 5.79. The molecule has 1 aliphatic carbocycles. The molecule has 2 atom stereocenters. The number of ether oxygens (including phenoxy) is 3. The van der Waals surface area contributed by atoms with E-state index in [-0.39, 0.29) is 43.2 Å².